The SMILES string of the molecule is Cc1ccc(-c2nnc(CC(C)(C)CC(=O)O)o2)cc1. The van der Waals surface area contributed by atoms with Gasteiger partial charge in [0.25, 0.3) is 0 Å². The third kappa shape index (κ3) is 3.66. The van der Waals surface area contributed by atoms with Crippen molar-refractivity contribution in [2.75, 3.05) is 0 Å². The molecule has 106 valence electrons. The zero-order chi connectivity index (χ0) is 14.8. The van der Waals surface area contributed by atoms with Gasteiger partial charge in [-0.25, -0.2) is 0 Å². The summed E-state index contributed by atoms with van der Waals surface area (Å²) >= 11 is 0. The van der Waals surface area contributed by atoms with Gasteiger partial charge in [-0.3, -0.25) is 4.79 Å². The summed E-state index contributed by atoms with van der Waals surface area (Å²) in [6, 6.07) is 7.81. The fraction of sp³-hybridized carbons (Fsp3) is 0.400. The minimum Gasteiger partial charge on any atom is -0.481 e. The molecule has 2 aromatic rings. The Labute approximate surface area is 117 Å². The lowest BCUT2D eigenvalue weighted by atomic mass is 9.86. The standard InChI is InChI=1S/C15H18N2O3/c1-10-4-6-11(7-5-10)14-17-16-12(20-14)8-15(2,3)9-13(18)19/h4-7H,8-9H2,1-3H3,(H,18,19). The molecule has 0 bridgehead atoms. The van der Waals surface area contributed by atoms with E-state index >= 15 is 0 Å². The number of aromatic nitrogens is 2. The maximum Gasteiger partial charge on any atom is 0.303 e. The van der Waals surface area contributed by atoms with Crippen molar-refractivity contribution in [2.24, 2.45) is 5.41 Å². The highest BCUT2D eigenvalue weighted by molar-refractivity contribution is 5.67. The Kier molecular flexibility index (Phi) is 3.88. The Bertz CT molecular complexity index is 600. The number of benzene rings is 1. The Balaban J connectivity index is 2.13. The van der Waals surface area contributed by atoms with Crippen LogP contribution in [0.1, 0.15) is 31.7 Å². The zero-order valence-electron chi connectivity index (χ0n) is 11.9. The van der Waals surface area contributed by atoms with Crippen LogP contribution < -0.4 is 0 Å². The number of aryl methyl sites for hydroxylation is 1. The minimum atomic E-state index is -0.826. The molecular weight excluding hydrogens is 256 g/mol. The maximum absolute atomic E-state index is 10.8. The molecule has 0 aliphatic heterocycles. The lowest BCUT2D eigenvalue weighted by molar-refractivity contribution is -0.139. The molecule has 2 rings (SSSR count). The summed E-state index contributed by atoms with van der Waals surface area (Å²) in [5.41, 5.74) is 1.62. The van der Waals surface area contributed by atoms with E-state index < -0.39 is 11.4 Å². The van der Waals surface area contributed by atoms with Crippen LogP contribution >= 0.6 is 0 Å². The van der Waals surface area contributed by atoms with E-state index in [4.69, 9.17) is 9.52 Å². The first-order chi connectivity index (χ1) is 9.35. The molecule has 0 saturated heterocycles. The summed E-state index contributed by atoms with van der Waals surface area (Å²) in [6.07, 6.45) is 0.507. The van der Waals surface area contributed by atoms with Crippen molar-refractivity contribution in [3.05, 3.63) is 35.7 Å². The van der Waals surface area contributed by atoms with Gasteiger partial charge in [-0.1, -0.05) is 31.5 Å². The summed E-state index contributed by atoms with van der Waals surface area (Å²) in [7, 11) is 0. The number of hydrogen-bond donors (Lipinski definition) is 1. The first-order valence-corrected chi connectivity index (χ1v) is 6.47. The monoisotopic (exact) mass is 274 g/mol. The Morgan fingerprint density at radius 1 is 1.25 bits per heavy atom. The van der Waals surface area contributed by atoms with Gasteiger partial charge in [0.05, 0.1) is 6.42 Å². The normalized spacial score (nSPS) is 11.6. The van der Waals surface area contributed by atoms with E-state index in [1.165, 1.54) is 0 Å². The molecule has 0 unspecified atom stereocenters. The molecular formula is C15H18N2O3. The first kappa shape index (κ1) is 14.2. The topological polar surface area (TPSA) is 76.2 Å². The molecule has 0 fully saturated rings. The van der Waals surface area contributed by atoms with Gasteiger partial charge in [-0.2, -0.15) is 0 Å². The molecule has 1 heterocycles. The summed E-state index contributed by atoms with van der Waals surface area (Å²) in [4.78, 5) is 10.8. The molecule has 1 aromatic heterocycles. The second kappa shape index (κ2) is 5.45. The van der Waals surface area contributed by atoms with Crippen molar-refractivity contribution in [1.29, 1.82) is 0 Å². The van der Waals surface area contributed by atoms with Crippen molar-refractivity contribution >= 4 is 5.97 Å². The van der Waals surface area contributed by atoms with E-state index in [0.717, 1.165) is 11.1 Å². The highest BCUT2D eigenvalue weighted by Gasteiger charge is 2.25. The van der Waals surface area contributed by atoms with Crippen LogP contribution in [-0.4, -0.2) is 21.3 Å². The van der Waals surface area contributed by atoms with E-state index in [0.29, 0.717) is 18.2 Å². The van der Waals surface area contributed by atoms with E-state index in [2.05, 4.69) is 10.2 Å². The fourth-order valence-corrected chi connectivity index (χ4v) is 2.02. The predicted octanol–water partition coefficient (Wildman–Crippen LogP) is 3.09. The average molecular weight is 274 g/mol. The van der Waals surface area contributed by atoms with Gasteiger partial charge in [-0.05, 0) is 24.5 Å². The summed E-state index contributed by atoms with van der Waals surface area (Å²) < 4.78 is 5.61. The number of carboxylic acid groups (broad SMARTS) is 1. The van der Waals surface area contributed by atoms with E-state index in [9.17, 15) is 4.79 Å². The second-order valence-corrected chi connectivity index (χ2v) is 5.78. The molecule has 0 amide bonds. The van der Waals surface area contributed by atoms with Crippen molar-refractivity contribution < 1.29 is 14.3 Å². The van der Waals surface area contributed by atoms with Crippen molar-refractivity contribution in [2.45, 2.75) is 33.6 Å². The van der Waals surface area contributed by atoms with Gasteiger partial charge in [0.1, 0.15) is 0 Å². The Hall–Kier alpha value is -2.17. The Morgan fingerprint density at radius 2 is 1.90 bits per heavy atom. The predicted molar refractivity (Wildman–Crippen MR) is 74.2 cm³/mol. The molecule has 0 spiro atoms. The number of carbonyl (C=O) groups is 1. The fourth-order valence-electron chi connectivity index (χ4n) is 2.02. The number of rotatable bonds is 5. The third-order valence-corrected chi connectivity index (χ3v) is 3.02. The van der Waals surface area contributed by atoms with Crippen LogP contribution in [-0.2, 0) is 11.2 Å². The van der Waals surface area contributed by atoms with E-state index in [-0.39, 0.29) is 6.42 Å². The number of carboxylic acids is 1. The molecule has 20 heavy (non-hydrogen) atoms. The molecule has 0 atom stereocenters. The van der Waals surface area contributed by atoms with Crippen LogP contribution in [0.25, 0.3) is 11.5 Å². The minimum absolute atomic E-state index is 0.0647. The smallest absolute Gasteiger partial charge is 0.303 e. The second-order valence-electron chi connectivity index (χ2n) is 5.78. The molecule has 0 aliphatic rings. The molecule has 5 heteroatoms. The van der Waals surface area contributed by atoms with Crippen molar-refractivity contribution in [3.8, 4) is 11.5 Å². The highest BCUT2D eigenvalue weighted by Crippen LogP contribution is 2.27. The van der Waals surface area contributed by atoms with E-state index in [1.807, 2.05) is 45.0 Å². The van der Waals surface area contributed by atoms with Crippen LogP contribution in [0.4, 0.5) is 0 Å². The summed E-state index contributed by atoms with van der Waals surface area (Å²) in [6.45, 7) is 5.76. The van der Waals surface area contributed by atoms with Crippen molar-refractivity contribution in [1.82, 2.24) is 10.2 Å². The van der Waals surface area contributed by atoms with Crippen molar-refractivity contribution in [3.63, 3.8) is 0 Å². The van der Waals surface area contributed by atoms with Gasteiger partial charge >= 0.3 is 5.97 Å². The summed E-state index contributed by atoms with van der Waals surface area (Å²) in [5.74, 6) is 0.103. The van der Waals surface area contributed by atoms with Crippen LogP contribution in [0.3, 0.4) is 0 Å². The largest absolute Gasteiger partial charge is 0.481 e. The molecule has 0 aliphatic carbocycles. The van der Waals surface area contributed by atoms with Crippen LogP contribution in [0.5, 0.6) is 0 Å². The number of aliphatic carboxylic acids is 1. The third-order valence-electron chi connectivity index (χ3n) is 3.02. The Morgan fingerprint density at radius 3 is 2.50 bits per heavy atom. The van der Waals surface area contributed by atoms with Gasteiger partial charge in [0, 0.05) is 12.0 Å². The molecule has 0 radical (unpaired) electrons. The maximum atomic E-state index is 10.8. The van der Waals surface area contributed by atoms with Gasteiger partial charge in [0.2, 0.25) is 11.8 Å². The van der Waals surface area contributed by atoms with Gasteiger partial charge < -0.3 is 9.52 Å². The summed E-state index contributed by atoms with van der Waals surface area (Å²) in [5, 5.41) is 16.9. The van der Waals surface area contributed by atoms with Crippen LogP contribution in [0.2, 0.25) is 0 Å². The average Bonchev–Trinajstić information content (AvgIpc) is 2.75. The number of nitrogens with zero attached hydrogens (tertiary/aromatic N) is 2. The van der Waals surface area contributed by atoms with Crippen LogP contribution in [0, 0.1) is 12.3 Å². The molecule has 1 N–H and O–H groups in total. The zero-order valence-corrected chi connectivity index (χ0v) is 11.9. The van der Waals surface area contributed by atoms with Gasteiger partial charge in [0.15, 0.2) is 0 Å². The van der Waals surface area contributed by atoms with Gasteiger partial charge in [-0.15, -0.1) is 10.2 Å². The lowest BCUT2D eigenvalue weighted by Gasteiger charge is -2.19. The lowest BCUT2D eigenvalue weighted by Crippen LogP contribution is -2.19. The van der Waals surface area contributed by atoms with Crippen LogP contribution in [0.15, 0.2) is 28.7 Å². The first-order valence-electron chi connectivity index (χ1n) is 6.47. The number of hydrogen-bond acceptors (Lipinski definition) is 4. The quantitative estimate of drug-likeness (QED) is 0.906. The van der Waals surface area contributed by atoms with E-state index in [1.54, 1.807) is 0 Å². The molecule has 1 aromatic carbocycles. The molecule has 0 saturated carbocycles. The molecule has 5 nitrogen and oxygen atoms in total. The highest BCUT2D eigenvalue weighted by atomic mass is 16.4.